The van der Waals surface area contributed by atoms with Crippen molar-refractivity contribution in [1.82, 2.24) is 14.2 Å². The Bertz CT molecular complexity index is 560. The largest absolute Gasteiger partial charge is 0.381 e. The number of hydrogen-bond donors (Lipinski definition) is 1. The van der Waals surface area contributed by atoms with E-state index in [1.807, 2.05) is 18.5 Å². The molecular formula is C14H25N3O3S. The van der Waals surface area contributed by atoms with Gasteiger partial charge in [0.05, 0.1) is 6.10 Å². The molecule has 0 aromatic carbocycles. The molecule has 1 N–H and O–H groups in total. The summed E-state index contributed by atoms with van der Waals surface area (Å²) in [5.74, 6) is 0. The number of ether oxygens (including phenoxy) is 1. The molecule has 1 aromatic heterocycles. The van der Waals surface area contributed by atoms with Gasteiger partial charge < -0.3 is 14.6 Å². The molecule has 0 radical (unpaired) electrons. The Morgan fingerprint density at radius 1 is 1.38 bits per heavy atom. The zero-order valence-electron chi connectivity index (χ0n) is 13.0. The third-order valence-electron chi connectivity index (χ3n) is 4.03. The molecule has 21 heavy (non-hydrogen) atoms. The van der Waals surface area contributed by atoms with Gasteiger partial charge in [-0.15, -0.1) is 0 Å². The van der Waals surface area contributed by atoms with Crippen LogP contribution < -0.4 is 5.32 Å². The van der Waals surface area contributed by atoms with Gasteiger partial charge in [0.1, 0.15) is 4.90 Å². The number of piperidine rings is 1. The van der Waals surface area contributed by atoms with Crippen LogP contribution >= 0.6 is 0 Å². The highest BCUT2D eigenvalue weighted by Gasteiger charge is 2.30. The lowest BCUT2D eigenvalue weighted by molar-refractivity contribution is 0.0604. The summed E-state index contributed by atoms with van der Waals surface area (Å²) in [5.41, 5.74) is 0.991. The van der Waals surface area contributed by atoms with Gasteiger partial charge in [-0.05, 0) is 32.9 Å². The molecule has 2 heterocycles. The molecule has 0 unspecified atom stereocenters. The predicted molar refractivity (Wildman–Crippen MR) is 81.7 cm³/mol. The molecule has 1 aliphatic rings. The summed E-state index contributed by atoms with van der Waals surface area (Å²) in [7, 11) is 0.144. The lowest BCUT2D eigenvalue weighted by atomic mass is 10.1. The lowest BCUT2D eigenvalue weighted by Crippen LogP contribution is -2.40. The Morgan fingerprint density at radius 2 is 2.05 bits per heavy atom. The first-order valence-electron chi connectivity index (χ1n) is 7.39. The van der Waals surface area contributed by atoms with Gasteiger partial charge in [0.25, 0.3) is 0 Å². The zero-order valence-corrected chi connectivity index (χ0v) is 13.8. The molecule has 6 nitrogen and oxygen atoms in total. The van der Waals surface area contributed by atoms with Gasteiger partial charge >= 0.3 is 0 Å². The normalized spacial score (nSPS) is 18.2. The van der Waals surface area contributed by atoms with Crippen LogP contribution in [-0.4, -0.2) is 50.6 Å². The number of aryl methyl sites for hydroxylation is 1. The second-order valence-corrected chi connectivity index (χ2v) is 7.26. The van der Waals surface area contributed by atoms with E-state index < -0.39 is 10.0 Å². The number of nitrogens with zero attached hydrogens (tertiary/aromatic N) is 2. The average molecular weight is 315 g/mol. The smallest absolute Gasteiger partial charge is 0.244 e. The molecule has 0 amide bonds. The van der Waals surface area contributed by atoms with E-state index in [1.165, 1.54) is 0 Å². The van der Waals surface area contributed by atoms with E-state index in [0.717, 1.165) is 25.1 Å². The summed E-state index contributed by atoms with van der Waals surface area (Å²) < 4.78 is 34.3. The fourth-order valence-corrected chi connectivity index (χ4v) is 4.28. The highest BCUT2D eigenvalue weighted by molar-refractivity contribution is 7.89. The molecule has 0 bridgehead atoms. The van der Waals surface area contributed by atoms with Crippen LogP contribution in [0.1, 0.15) is 25.5 Å². The van der Waals surface area contributed by atoms with Gasteiger partial charge in [0.15, 0.2) is 0 Å². The van der Waals surface area contributed by atoms with Gasteiger partial charge in [-0.1, -0.05) is 0 Å². The van der Waals surface area contributed by atoms with Crippen LogP contribution in [0.15, 0.2) is 17.2 Å². The SMILES string of the molecule is CCn1cc(S(=O)(=O)N2CCC(OC)CC2)cc1CNC. The van der Waals surface area contributed by atoms with Crippen molar-refractivity contribution in [3.05, 3.63) is 18.0 Å². The molecule has 120 valence electrons. The Morgan fingerprint density at radius 3 is 2.57 bits per heavy atom. The molecule has 7 heteroatoms. The number of methoxy groups -OCH3 is 1. The van der Waals surface area contributed by atoms with Gasteiger partial charge in [0.2, 0.25) is 10.0 Å². The van der Waals surface area contributed by atoms with Crippen molar-refractivity contribution in [3.63, 3.8) is 0 Å². The second-order valence-electron chi connectivity index (χ2n) is 5.32. The van der Waals surface area contributed by atoms with E-state index >= 15 is 0 Å². The Kier molecular flexibility index (Phi) is 5.43. The standard InChI is InChI=1S/C14H25N3O3S/c1-4-16-11-14(9-12(16)10-15-2)21(18,19)17-7-5-13(20-3)6-8-17/h9,11,13,15H,4-8,10H2,1-3H3. The van der Waals surface area contributed by atoms with Crippen LogP contribution in [-0.2, 0) is 27.8 Å². The van der Waals surface area contributed by atoms with E-state index in [-0.39, 0.29) is 6.10 Å². The second kappa shape index (κ2) is 6.91. The van der Waals surface area contributed by atoms with Crippen molar-refractivity contribution in [2.45, 2.75) is 43.9 Å². The lowest BCUT2D eigenvalue weighted by Gasteiger charge is -2.30. The minimum absolute atomic E-state index is 0.177. The van der Waals surface area contributed by atoms with Crippen molar-refractivity contribution >= 4 is 10.0 Å². The maximum absolute atomic E-state index is 12.7. The van der Waals surface area contributed by atoms with Gasteiger partial charge in [-0.2, -0.15) is 4.31 Å². The molecule has 0 atom stereocenters. The summed E-state index contributed by atoms with van der Waals surface area (Å²) in [4.78, 5) is 0.394. The molecule has 1 fully saturated rings. The fourth-order valence-electron chi connectivity index (χ4n) is 2.75. The summed E-state index contributed by atoms with van der Waals surface area (Å²) in [5, 5.41) is 3.07. The predicted octanol–water partition coefficient (Wildman–Crippen LogP) is 1.03. The molecule has 1 aliphatic heterocycles. The van der Waals surface area contributed by atoms with E-state index in [4.69, 9.17) is 4.74 Å². The number of sulfonamides is 1. The van der Waals surface area contributed by atoms with Crippen LogP contribution in [0.4, 0.5) is 0 Å². The molecule has 0 saturated carbocycles. The summed E-state index contributed by atoms with van der Waals surface area (Å²) in [6, 6.07) is 1.78. The van der Waals surface area contributed by atoms with Crippen molar-refractivity contribution in [2.24, 2.45) is 0 Å². The third-order valence-corrected chi connectivity index (χ3v) is 5.90. The Hall–Kier alpha value is -0.890. The van der Waals surface area contributed by atoms with Crippen molar-refractivity contribution in [2.75, 3.05) is 27.2 Å². The first-order valence-corrected chi connectivity index (χ1v) is 8.83. The number of aromatic nitrogens is 1. The Labute approximate surface area is 127 Å². The molecule has 0 aliphatic carbocycles. The van der Waals surface area contributed by atoms with Crippen LogP contribution in [0.2, 0.25) is 0 Å². The minimum Gasteiger partial charge on any atom is -0.381 e. The number of hydrogen-bond acceptors (Lipinski definition) is 4. The van der Waals surface area contributed by atoms with E-state index in [9.17, 15) is 8.42 Å². The molecule has 0 spiro atoms. The summed E-state index contributed by atoms with van der Waals surface area (Å²) in [6.45, 7) is 4.49. The van der Waals surface area contributed by atoms with Crippen molar-refractivity contribution < 1.29 is 13.2 Å². The summed E-state index contributed by atoms with van der Waals surface area (Å²) in [6.07, 6.45) is 3.43. The van der Waals surface area contributed by atoms with Gasteiger partial charge in [0, 0.05) is 45.2 Å². The monoisotopic (exact) mass is 315 g/mol. The third kappa shape index (κ3) is 3.48. The van der Waals surface area contributed by atoms with Crippen LogP contribution in [0.25, 0.3) is 0 Å². The highest BCUT2D eigenvalue weighted by atomic mass is 32.2. The van der Waals surface area contributed by atoms with Crippen molar-refractivity contribution in [1.29, 1.82) is 0 Å². The molecular weight excluding hydrogens is 290 g/mol. The van der Waals surface area contributed by atoms with E-state index in [2.05, 4.69) is 5.32 Å². The van der Waals surface area contributed by atoms with E-state index in [0.29, 0.717) is 24.5 Å². The molecule has 1 aromatic rings. The first kappa shape index (κ1) is 16.5. The molecule has 1 saturated heterocycles. The molecule has 2 rings (SSSR count). The topological polar surface area (TPSA) is 63.6 Å². The quantitative estimate of drug-likeness (QED) is 0.851. The van der Waals surface area contributed by atoms with Crippen LogP contribution in [0.3, 0.4) is 0 Å². The Balaban J connectivity index is 2.20. The van der Waals surface area contributed by atoms with Crippen LogP contribution in [0, 0.1) is 0 Å². The summed E-state index contributed by atoms with van der Waals surface area (Å²) >= 11 is 0. The van der Waals surface area contributed by atoms with Crippen molar-refractivity contribution in [3.8, 4) is 0 Å². The zero-order chi connectivity index (χ0) is 15.5. The first-order chi connectivity index (χ1) is 10.0. The van der Waals surface area contributed by atoms with Gasteiger partial charge in [-0.3, -0.25) is 0 Å². The average Bonchev–Trinajstić information content (AvgIpc) is 2.91. The fraction of sp³-hybridized carbons (Fsp3) is 0.714. The number of nitrogens with one attached hydrogen (secondary N) is 1. The highest BCUT2D eigenvalue weighted by Crippen LogP contribution is 2.23. The van der Waals surface area contributed by atoms with Crippen LogP contribution in [0.5, 0.6) is 0 Å². The maximum atomic E-state index is 12.7. The number of rotatable bonds is 6. The minimum atomic E-state index is -3.39. The van der Waals surface area contributed by atoms with Gasteiger partial charge in [-0.25, -0.2) is 8.42 Å². The van der Waals surface area contributed by atoms with E-state index in [1.54, 1.807) is 23.7 Å². The maximum Gasteiger partial charge on any atom is 0.244 e.